The Hall–Kier alpha value is -2.77. The zero-order chi connectivity index (χ0) is 19.7. The SMILES string of the molecule is COc1ccc(C2CC(=O)Nc3nc(N)sc32)cc1OCc1ccccc1Cl. The summed E-state index contributed by atoms with van der Waals surface area (Å²) in [6.45, 7) is 0.309. The quantitative estimate of drug-likeness (QED) is 0.643. The van der Waals surface area contributed by atoms with E-state index in [0.29, 0.717) is 40.5 Å². The van der Waals surface area contributed by atoms with E-state index < -0.39 is 0 Å². The van der Waals surface area contributed by atoms with Crippen molar-refractivity contribution in [3.63, 3.8) is 0 Å². The largest absolute Gasteiger partial charge is 0.493 e. The predicted octanol–water partition coefficient (Wildman–Crippen LogP) is 4.44. The minimum atomic E-state index is -0.132. The summed E-state index contributed by atoms with van der Waals surface area (Å²) >= 11 is 7.60. The van der Waals surface area contributed by atoms with E-state index in [4.69, 9.17) is 26.8 Å². The lowest BCUT2D eigenvalue weighted by Crippen LogP contribution is -2.22. The van der Waals surface area contributed by atoms with E-state index in [1.165, 1.54) is 11.3 Å². The van der Waals surface area contributed by atoms with E-state index in [9.17, 15) is 4.79 Å². The molecule has 4 rings (SSSR count). The molecule has 1 atom stereocenters. The van der Waals surface area contributed by atoms with Crippen molar-refractivity contribution in [2.75, 3.05) is 18.2 Å². The van der Waals surface area contributed by atoms with Gasteiger partial charge in [0.2, 0.25) is 5.91 Å². The second-order valence-electron chi connectivity index (χ2n) is 6.36. The van der Waals surface area contributed by atoms with Gasteiger partial charge in [0.1, 0.15) is 12.4 Å². The summed E-state index contributed by atoms with van der Waals surface area (Å²) in [6, 6.07) is 13.2. The standard InChI is InChI=1S/C20H18ClN3O3S/c1-26-15-7-6-11(8-16(15)27-10-12-4-2-3-5-14(12)21)13-9-17(25)23-19-18(13)28-20(22)24-19/h2-8,13H,9-10H2,1H3,(H2,22,24)(H,23,25). The molecule has 0 saturated heterocycles. The van der Waals surface area contributed by atoms with Crippen LogP contribution < -0.4 is 20.5 Å². The molecule has 0 bridgehead atoms. The monoisotopic (exact) mass is 415 g/mol. The molecule has 1 unspecified atom stereocenters. The minimum Gasteiger partial charge on any atom is -0.493 e. The van der Waals surface area contributed by atoms with Gasteiger partial charge in [0.15, 0.2) is 16.6 Å². The number of ether oxygens (including phenoxy) is 2. The molecule has 1 aromatic heterocycles. The maximum atomic E-state index is 12.1. The van der Waals surface area contributed by atoms with Crippen molar-refractivity contribution in [1.29, 1.82) is 0 Å². The number of rotatable bonds is 5. The number of carbonyl (C=O) groups is 1. The van der Waals surface area contributed by atoms with Crippen molar-refractivity contribution in [2.45, 2.75) is 18.9 Å². The number of carbonyl (C=O) groups excluding carboxylic acids is 1. The van der Waals surface area contributed by atoms with Gasteiger partial charge in [0, 0.05) is 22.9 Å². The summed E-state index contributed by atoms with van der Waals surface area (Å²) < 4.78 is 11.4. The highest BCUT2D eigenvalue weighted by molar-refractivity contribution is 7.16. The van der Waals surface area contributed by atoms with Crippen LogP contribution in [0.3, 0.4) is 0 Å². The number of nitrogens with zero attached hydrogens (tertiary/aromatic N) is 1. The summed E-state index contributed by atoms with van der Waals surface area (Å²) in [5.41, 5.74) is 7.67. The number of nitrogens with one attached hydrogen (secondary N) is 1. The Bertz CT molecular complexity index is 1040. The van der Waals surface area contributed by atoms with Gasteiger partial charge in [0.05, 0.1) is 12.0 Å². The van der Waals surface area contributed by atoms with Crippen LogP contribution in [0.2, 0.25) is 5.02 Å². The molecule has 0 aliphatic carbocycles. The van der Waals surface area contributed by atoms with Crippen molar-refractivity contribution in [2.24, 2.45) is 0 Å². The molecular formula is C20H18ClN3O3S. The maximum absolute atomic E-state index is 12.1. The first-order valence-electron chi connectivity index (χ1n) is 8.65. The molecule has 2 aromatic carbocycles. The number of hydrogen-bond acceptors (Lipinski definition) is 6. The third-order valence-electron chi connectivity index (χ3n) is 4.56. The lowest BCUT2D eigenvalue weighted by atomic mass is 9.91. The topological polar surface area (TPSA) is 86.5 Å². The second kappa shape index (κ2) is 7.69. The highest BCUT2D eigenvalue weighted by atomic mass is 35.5. The van der Waals surface area contributed by atoms with Gasteiger partial charge in [-0.05, 0) is 23.8 Å². The fourth-order valence-corrected chi connectivity index (χ4v) is 4.31. The first-order valence-corrected chi connectivity index (χ1v) is 9.84. The van der Waals surface area contributed by atoms with Crippen molar-refractivity contribution in [3.8, 4) is 11.5 Å². The molecule has 6 nitrogen and oxygen atoms in total. The number of amides is 1. The van der Waals surface area contributed by atoms with Gasteiger partial charge in [0.25, 0.3) is 0 Å². The molecule has 0 saturated carbocycles. The average Bonchev–Trinajstić information content (AvgIpc) is 3.06. The van der Waals surface area contributed by atoms with Crippen LogP contribution in [0.25, 0.3) is 0 Å². The van der Waals surface area contributed by atoms with Crippen LogP contribution in [0.15, 0.2) is 42.5 Å². The van der Waals surface area contributed by atoms with Crippen LogP contribution in [-0.2, 0) is 11.4 Å². The van der Waals surface area contributed by atoms with Crippen molar-refractivity contribution >= 4 is 39.8 Å². The number of hydrogen-bond donors (Lipinski definition) is 2. The zero-order valence-corrected chi connectivity index (χ0v) is 16.6. The first-order chi connectivity index (χ1) is 13.5. The van der Waals surface area contributed by atoms with Gasteiger partial charge in [-0.2, -0.15) is 0 Å². The summed E-state index contributed by atoms with van der Waals surface area (Å²) in [4.78, 5) is 17.3. The molecule has 0 radical (unpaired) electrons. The number of nitrogens with two attached hydrogens (primary N) is 1. The van der Waals surface area contributed by atoms with Gasteiger partial charge in [-0.3, -0.25) is 4.79 Å². The van der Waals surface area contributed by atoms with E-state index >= 15 is 0 Å². The molecule has 28 heavy (non-hydrogen) atoms. The van der Waals surface area contributed by atoms with E-state index in [1.54, 1.807) is 7.11 Å². The zero-order valence-electron chi connectivity index (χ0n) is 15.1. The number of thiazole rings is 1. The molecule has 8 heteroatoms. The lowest BCUT2D eigenvalue weighted by Gasteiger charge is -2.22. The summed E-state index contributed by atoms with van der Waals surface area (Å²) in [7, 11) is 1.59. The molecule has 144 valence electrons. The van der Waals surface area contributed by atoms with Crippen LogP contribution >= 0.6 is 22.9 Å². The Kier molecular flexibility index (Phi) is 5.11. The number of aromatic nitrogens is 1. The lowest BCUT2D eigenvalue weighted by molar-refractivity contribution is -0.116. The molecule has 0 spiro atoms. The second-order valence-corrected chi connectivity index (χ2v) is 7.83. The van der Waals surface area contributed by atoms with E-state index in [-0.39, 0.29) is 11.8 Å². The third kappa shape index (κ3) is 3.63. The minimum absolute atomic E-state index is 0.0860. The Balaban J connectivity index is 1.65. The highest BCUT2D eigenvalue weighted by Gasteiger charge is 2.30. The fraction of sp³-hybridized carbons (Fsp3) is 0.200. The molecule has 3 aromatic rings. The van der Waals surface area contributed by atoms with Crippen LogP contribution in [0.5, 0.6) is 11.5 Å². The van der Waals surface area contributed by atoms with Crippen LogP contribution in [0.4, 0.5) is 10.9 Å². The molecule has 1 aliphatic rings. The van der Waals surface area contributed by atoms with Gasteiger partial charge in [-0.1, -0.05) is 47.2 Å². The van der Waals surface area contributed by atoms with E-state index in [2.05, 4.69) is 10.3 Å². The molecule has 1 aliphatic heterocycles. The van der Waals surface area contributed by atoms with Crippen LogP contribution in [-0.4, -0.2) is 18.0 Å². The number of halogens is 1. The van der Waals surface area contributed by atoms with Gasteiger partial charge in [-0.25, -0.2) is 4.98 Å². The highest BCUT2D eigenvalue weighted by Crippen LogP contribution is 2.43. The van der Waals surface area contributed by atoms with Crippen LogP contribution in [0, 0.1) is 0 Å². The van der Waals surface area contributed by atoms with Crippen molar-refractivity contribution in [1.82, 2.24) is 4.98 Å². The van der Waals surface area contributed by atoms with Crippen molar-refractivity contribution < 1.29 is 14.3 Å². The number of fused-ring (bicyclic) bond motifs is 1. The third-order valence-corrected chi connectivity index (χ3v) is 5.93. The molecule has 0 fully saturated rings. The first kappa shape index (κ1) is 18.6. The Morgan fingerprint density at radius 3 is 2.89 bits per heavy atom. The molecular weight excluding hydrogens is 398 g/mol. The smallest absolute Gasteiger partial charge is 0.226 e. The predicted molar refractivity (Wildman–Crippen MR) is 110 cm³/mol. The fourth-order valence-electron chi connectivity index (χ4n) is 3.20. The van der Waals surface area contributed by atoms with E-state index in [1.807, 2.05) is 42.5 Å². The van der Waals surface area contributed by atoms with E-state index in [0.717, 1.165) is 16.0 Å². The summed E-state index contributed by atoms with van der Waals surface area (Å²) in [5, 5.41) is 3.86. The van der Waals surface area contributed by atoms with Gasteiger partial charge < -0.3 is 20.5 Å². The normalized spacial score (nSPS) is 15.6. The number of benzene rings is 2. The Labute approximate surface area is 171 Å². The molecule has 1 amide bonds. The Morgan fingerprint density at radius 1 is 1.29 bits per heavy atom. The van der Waals surface area contributed by atoms with Crippen molar-refractivity contribution in [3.05, 3.63) is 63.5 Å². The Morgan fingerprint density at radius 2 is 2.11 bits per heavy atom. The number of anilines is 2. The summed E-state index contributed by atoms with van der Waals surface area (Å²) in [6.07, 6.45) is 0.324. The van der Waals surface area contributed by atoms with Gasteiger partial charge >= 0.3 is 0 Å². The molecule has 3 N–H and O–H groups in total. The van der Waals surface area contributed by atoms with Gasteiger partial charge in [-0.15, -0.1) is 0 Å². The average molecular weight is 416 g/mol. The van der Waals surface area contributed by atoms with Crippen LogP contribution in [0.1, 0.15) is 28.3 Å². The molecule has 2 heterocycles. The summed E-state index contributed by atoms with van der Waals surface area (Å²) in [5.74, 6) is 1.52. The maximum Gasteiger partial charge on any atom is 0.226 e. The number of methoxy groups -OCH3 is 1. The number of nitrogen functional groups attached to an aromatic ring is 1.